The van der Waals surface area contributed by atoms with Gasteiger partial charge in [0.15, 0.2) is 0 Å². The van der Waals surface area contributed by atoms with Gasteiger partial charge in [-0.25, -0.2) is 9.37 Å². The Balaban J connectivity index is 1.46. The zero-order chi connectivity index (χ0) is 25.1. The Morgan fingerprint density at radius 1 is 1.17 bits per heavy atom. The molecule has 3 heterocycles. The fourth-order valence-electron chi connectivity index (χ4n) is 4.68. The van der Waals surface area contributed by atoms with E-state index in [1.165, 1.54) is 19.2 Å². The van der Waals surface area contributed by atoms with Crippen molar-refractivity contribution in [3.05, 3.63) is 60.8 Å². The topological polar surface area (TPSA) is 83.1 Å². The van der Waals surface area contributed by atoms with Crippen molar-refractivity contribution in [2.24, 2.45) is 13.0 Å². The number of aryl methyl sites for hydroxylation is 1. The lowest BCUT2D eigenvalue weighted by Crippen LogP contribution is -2.26. The molecule has 0 aliphatic carbocycles. The molecule has 5 rings (SSSR count). The summed E-state index contributed by atoms with van der Waals surface area (Å²) in [6, 6.07) is 13.0. The molecule has 1 atom stereocenters. The zero-order valence-electron chi connectivity index (χ0n) is 20.4. The minimum Gasteiger partial charge on any atom is -0.497 e. The molecule has 36 heavy (non-hydrogen) atoms. The van der Waals surface area contributed by atoms with Crippen LogP contribution in [0.5, 0.6) is 5.75 Å². The molecule has 184 valence electrons. The number of hydrogen-bond donors (Lipinski definition) is 0. The minimum atomic E-state index is -0.356. The van der Waals surface area contributed by atoms with Crippen LogP contribution in [0.3, 0.4) is 0 Å². The van der Waals surface area contributed by atoms with Gasteiger partial charge in [-0.15, -0.1) is 0 Å². The standard InChI is InChI=1S/C27H28FN7O/c1-33-18-20(15-31-33)27-16-30-25-5-4-22(13-26(25)32-27)35(23-10-21(28)11-24(12-23)36-2)8-3-7-34-9-6-19(14-29)17-34/h4-5,10-13,15-16,18-19H,3,6-9,17H2,1-2H3. The van der Waals surface area contributed by atoms with Gasteiger partial charge >= 0.3 is 0 Å². The number of rotatable bonds is 8. The number of nitrogens with zero attached hydrogens (tertiary/aromatic N) is 7. The molecule has 4 aromatic rings. The van der Waals surface area contributed by atoms with E-state index in [1.54, 1.807) is 17.1 Å². The van der Waals surface area contributed by atoms with Gasteiger partial charge in [-0.1, -0.05) is 0 Å². The Kier molecular flexibility index (Phi) is 6.78. The van der Waals surface area contributed by atoms with Crippen LogP contribution in [0.15, 0.2) is 55.0 Å². The molecule has 0 amide bonds. The fourth-order valence-corrected chi connectivity index (χ4v) is 4.68. The van der Waals surface area contributed by atoms with E-state index in [-0.39, 0.29) is 11.7 Å². The second-order valence-electron chi connectivity index (χ2n) is 9.10. The van der Waals surface area contributed by atoms with Crippen molar-refractivity contribution in [1.82, 2.24) is 24.6 Å². The summed E-state index contributed by atoms with van der Waals surface area (Å²) in [4.78, 5) is 13.8. The van der Waals surface area contributed by atoms with Gasteiger partial charge in [0.05, 0.1) is 48.2 Å². The summed E-state index contributed by atoms with van der Waals surface area (Å²) in [5.74, 6) is 0.220. The molecule has 0 bridgehead atoms. The van der Waals surface area contributed by atoms with Crippen LogP contribution < -0.4 is 9.64 Å². The van der Waals surface area contributed by atoms with Gasteiger partial charge in [0.2, 0.25) is 0 Å². The van der Waals surface area contributed by atoms with Crippen molar-refractivity contribution in [3.63, 3.8) is 0 Å². The van der Waals surface area contributed by atoms with E-state index in [4.69, 9.17) is 9.72 Å². The van der Waals surface area contributed by atoms with Gasteiger partial charge in [-0.2, -0.15) is 10.4 Å². The lowest BCUT2D eigenvalue weighted by Gasteiger charge is -2.27. The van der Waals surface area contributed by atoms with E-state index in [2.05, 4.69) is 26.0 Å². The maximum atomic E-state index is 14.5. The molecular formula is C27H28FN7O. The Hall–Kier alpha value is -4.03. The molecule has 1 unspecified atom stereocenters. The third-order valence-electron chi connectivity index (χ3n) is 6.55. The normalized spacial score (nSPS) is 15.8. The Bertz CT molecular complexity index is 1410. The molecule has 9 heteroatoms. The number of hydrogen-bond acceptors (Lipinski definition) is 7. The van der Waals surface area contributed by atoms with Crippen LogP contribution in [0.2, 0.25) is 0 Å². The highest BCUT2D eigenvalue weighted by atomic mass is 19.1. The molecule has 0 saturated carbocycles. The van der Waals surface area contributed by atoms with E-state index in [9.17, 15) is 9.65 Å². The van der Waals surface area contributed by atoms with Gasteiger partial charge < -0.3 is 14.5 Å². The van der Waals surface area contributed by atoms with Gasteiger partial charge in [0.1, 0.15) is 11.6 Å². The average molecular weight is 486 g/mol. The van der Waals surface area contributed by atoms with E-state index in [0.29, 0.717) is 18.0 Å². The third-order valence-corrected chi connectivity index (χ3v) is 6.55. The molecule has 0 N–H and O–H groups in total. The number of methoxy groups -OCH3 is 1. The summed E-state index contributed by atoms with van der Waals surface area (Å²) >= 11 is 0. The number of ether oxygens (including phenoxy) is 1. The summed E-state index contributed by atoms with van der Waals surface area (Å²) in [6.45, 7) is 3.29. The van der Waals surface area contributed by atoms with Crippen LogP contribution >= 0.6 is 0 Å². The van der Waals surface area contributed by atoms with Gasteiger partial charge in [0.25, 0.3) is 0 Å². The van der Waals surface area contributed by atoms with Crippen LogP contribution in [-0.2, 0) is 7.05 Å². The van der Waals surface area contributed by atoms with E-state index < -0.39 is 0 Å². The largest absolute Gasteiger partial charge is 0.497 e. The first kappa shape index (κ1) is 23.7. The molecule has 2 aromatic heterocycles. The second-order valence-corrected chi connectivity index (χ2v) is 9.10. The first-order chi connectivity index (χ1) is 17.5. The van der Waals surface area contributed by atoms with Crippen LogP contribution in [0, 0.1) is 23.1 Å². The number of likely N-dealkylation sites (tertiary alicyclic amines) is 1. The van der Waals surface area contributed by atoms with Crippen LogP contribution in [0.1, 0.15) is 12.8 Å². The monoisotopic (exact) mass is 485 g/mol. The Labute approximate surface area is 209 Å². The summed E-state index contributed by atoms with van der Waals surface area (Å²) < 4.78 is 21.5. The second kappa shape index (κ2) is 10.3. The van der Waals surface area contributed by atoms with Crippen LogP contribution in [-0.4, -0.2) is 57.9 Å². The average Bonchev–Trinajstić information content (AvgIpc) is 3.54. The van der Waals surface area contributed by atoms with Crippen molar-refractivity contribution >= 4 is 22.4 Å². The van der Waals surface area contributed by atoms with E-state index in [0.717, 1.165) is 60.5 Å². The summed E-state index contributed by atoms with van der Waals surface area (Å²) in [6.07, 6.45) is 7.19. The molecule has 1 saturated heterocycles. The minimum absolute atomic E-state index is 0.113. The first-order valence-corrected chi connectivity index (χ1v) is 12.0. The summed E-state index contributed by atoms with van der Waals surface area (Å²) in [5, 5.41) is 13.4. The summed E-state index contributed by atoms with van der Waals surface area (Å²) in [7, 11) is 3.40. The predicted molar refractivity (Wildman–Crippen MR) is 136 cm³/mol. The number of aromatic nitrogens is 4. The first-order valence-electron chi connectivity index (χ1n) is 12.0. The van der Waals surface area contributed by atoms with Crippen molar-refractivity contribution in [1.29, 1.82) is 5.26 Å². The number of benzene rings is 2. The molecule has 0 radical (unpaired) electrons. The summed E-state index contributed by atoms with van der Waals surface area (Å²) in [5.41, 5.74) is 4.77. The number of anilines is 2. The maximum absolute atomic E-state index is 14.5. The van der Waals surface area contributed by atoms with E-state index >= 15 is 0 Å². The van der Waals surface area contributed by atoms with Gasteiger partial charge in [-0.3, -0.25) is 9.67 Å². The molecule has 0 spiro atoms. The van der Waals surface area contributed by atoms with E-state index in [1.807, 2.05) is 37.5 Å². The zero-order valence-corrected chi connectivity index (χ0v) is 20.4. The predicted octanol–water partition coefficient (Wildman–Crippen LogP) is 4.55. The smallest absolute Gasteiger partial charge is 0.128 e. The molecule has 1 aliphatic heterocycles. The highest BCUT2D eigenvalue weighted by molar-refractivity contribution is 5.82. The molecular weight excluding hydrogens is 457 g/mol. The Morgan fingerprint density at radius 3 is 2.81 bits per heavy atom. The molecule has 2 aromatic carbocycles. The van der Waals surface area contributed by atoms with Crippen molar-refractivity contribution in [2.45, 2.75) is 12.8 Å². The van der Waals surface area contributed by atoms with Crippen LogP contribution in [0.4, 0.5) is 15.8 Å². The lowest BCUT2D eigenvalue weighted by molar-refractivity contribution is 0.329. The maximum Gasteiger partial charge on any atom is 0.128 e. The molecule has 1 fully saturated rings. The van der Waals surface area contributed by atoms with Crippen LogP contribution in [0.25, 0.3) is 22.3 Å². The van der Waals surface area contributed by atoms with Gasteiger partial charge in [-0.05, 0) is 50.2 Å². The fraction of sp³-hybridized carbons (Fsp3) is 0.333. The van der Waals surface area contributed by atoms with Crippen molar-refractivity contribution < 1.29 is 9.13 Å². The van der Waals surface area contributed by atoms with Crippen molar-refractivity contribution in [3.8, 4) is 23.1 Å². The Morgan fingerprint density at radius 2 is 2.06 bits per heavy atom. The number of fused-ring (bicyclic) bond motifs is 1. The quantitative estimate of drug-likeness (QED) is 0.362. The molecule has 8 nitrogen and oxygen atoms in total. The third kappa shape index (κ3) is 5.14. The number of halogens is 1. The van der Waals surface area contributed by atoms with Gasteiger partial charge in [0, 0.05) is 55.4 Å². The SMILES string of the molecule is COc1cc(F)cc(N(CCCN2CCC(C#N)C2)c2ccc3ncc(-c4cnn(C)c4)nc3c2)c1. The lowest BCUT2D eigenvalue weighted by atomic mass is 10.1. The number of nitriles is 1. The van der Waals surface area contributed by atoms with Crippen molar-refractivity contribution in [2.75, 3.05) is 38.2 Å². The molecule has 1 aliphatic rings. The highest BCUT2D eigenvalue weighted by Gasteiger charge is 2.22. The highest BCUT2D eigenvalue weighted by Crippen LogP contribution is 2.32.